The lowest BCUT2D eigenvalue weighted by Gasteiger charge is -2.36. The summed E-state index contributed by atoms with van der Waals surface area (Å²) < 4.78 is 23.1. The number of nitrogens with zero attached hydrogens (tertiary/aromatic N) is 2. The highest BCUT2D eigenvalue weighted by Crippen LogP contribution is 2.25. The summed E-state index contributed by atoms with van der Waals surface area (Å²) in [7, 11) is 1.30. The number of halogens is 1. The largest absolute Gasteiger partial charge is 0.513 e. The van der Waals surface area contributed by atoms with E-state index in [1.165, 1.54) is 18.7 Å². The smallest absolute Gasteiger partial charge is 0.437 e. The number of unbranched alkanes of at least 4 members (excludes halogenated alkanes) is 1. The van der Waals surface area contributed by atoms with Crippen molar-refractivity contribution in [3.63, 3.8) is 0 Å². The molecule has 164 valence electrons. The Balaban J connectivity index is 1.23. The minimum atomic E-state index is -0.714. The summed E-state index contributed by atoms with van der Waals surface area (Å²) in [6.45, 7) is 4.91. The number of hydrogen-bond donors (Lipinski definition) is 1. The molecule has 0 spiro atoms. The van der Waals surface area contributed by atoms with Crippen molar-refractivity contribution in [2.75, 3.05) is 44.7 Å². The van der Waals surface area contributed by atoms with E-state index in [0.29, 0.717) is 5.75 Å². The first kappa shape index (κ1) is 21.2. The van der Waals surface area contributed by atoms with Crippen molar-refractivity contribution < 1.29 is 18.7 Å². The van der Waals surface area contributed by atoms with Crippen LogP contribution < -0.4 is 9.64 Å². The van der Waals surface area contributed by atoms with Crippen LogP contribution in [0.3, 0.4) is 0 Å². The quantitative estimate of drug-likeness (QED) is 0.341. The Morgan fingerprint density at radius 3 is 2.71 bits per heavy atom. The first-order valence-electron chi connectivity index (χ1n) is 10.7. The lowest BCUT2D eigenvalue weighted by Crippen LogP contribution is -2.46. The van der Waals surface area contributed by atoms with E-state index in [2.05, 4.69) is 19.5 Å². The minimum Gasteiger partial charge on any atom is -0.437 e. The molecule has 1 aromatic heterocycles. The van der Waals surface area contributed by atoms with E-state index in [1.54, 1.807) is 18.2 Å². The molecule has 3 aromatic rings. The highest BCUT2D eigenvalue weighted by atomic mass is 19.1. The fourth-order valence-electron chi connectivity index (χ4n) is 4.12. The Bertz CT molecular complexity index is 1030. The van der Waals surface area contributed by atoms with Gasteiger partial charge in [0.1, 0.15) is 11.6 Å². The average Bonchev–Trinajstić information content (AvgIpc) is 3.19. The molecule has 1 aliphatic rings. The van der Waals surface area contributed by atoms with Crippen LogP contribution in [0.25, 0.3) is 10.9 Å². The molecule has 1 N–H and O–H groups in total. The second-order valence-electron chi connectivity index (χ2n) is 7.84. The van der Waals surface area contributed by atoms with Crippen LogP contribution in [0.1, 0.15) is 18.4 Å². The highest BCUT2D eigenvalue weighted by molar-refractivity contribution is 5.85. The van der Waals surface area contributed by atoms with Gasteiger partial charge >= 0.3 is 6.16 Å². The van der Waals surface area contributed by atoms with Gasteiger partial charge in [0.05, 0.1) is 7.11 Å². The number of aryl methyl sites for hydroxylation is 1. The van der Waals surface area contributed by atoms with Crippen LogP contribution in [0.5, 0.6) is 5.75 Å². The standard InChI is InChI=1S/C24H28FN3O3/c1-30-24(29)31-21-8-9-23-22(16-21)18(17-26-23)5-2-3-10-27-11-13-28(14-12-27)20-7-4-6-19(25)15-20/h4,6-9,15-17,26H,2-3,5,10-14H2,1H3. The van der Waals surface area contributed by atoms with Gasteiger partial charge in [-0.2, -0.15) is 0 Å². The van der Waals surface area contributed by atoms with Crippen LogP contribution >= 0.6 is 0 Å². The van der Waals surface area contributed by atoms with Gasteiger partial charge < -0.3 is 19.4 Å². The number of aromatic nitrogens is 1. The number of carbonyl (C=O) groups is 1. The molecule has 1 aliphatic heterocycles. The van der Waals surface area contributed by atoms with Gasteiger partial charge in [-0.1, -0.05) is 6.07 Å². The molecule has 4 rings (SSSR count). The molecule has 0 amide bonds. The van der Waals surface area contributed by atoms with Gasteiger partial charge in [-0.15, -0.1) is 0 Å². The molecule has 6 nitrogen and oxygen atoms in total. The van der Waals surface area contributed by atoms with Gasteiger partial charge in [0.2, 0.25) is 0 Å². The second-order valence-corrected chi connectivity index (χ2v) is 7.84. The normalized spacial score (nSPS) is 14.7. The Morgan fingerprint density at radius 2 is 1.94 bits per heavy atom. The Kier molecular flexibility index (Phi) is 6.72. The van der Waals surface area contributed by atoms with E-state index in [0.717, 1.165) is 68.6 Å². The molecule has 0 unspecified atom stereocenters. The third-order valence-electron chi connectivity index (χ3n) is 5.82. The van der Waals surface area contributed by atoms with Crippen molar-refractivity contribution in [2.45, 2.75) is 19.3 Å². The molecule has 1 fully saturated rings. The summed E-state index contributed by atoms with van der Waals surface area (Å²) in [6, 6.07) is 12.4. The Labute approximate surface area is 181 Å². The maximum absolute atomic E-state index is 13.4. The highest BCUT2D eigenvalue weighted by Gasteiger charge is 2.17. The SMILES string of the molecule is COC(=O)Oc1ccc2[nH]cc(CCCCN3CCN(c4cccc(F)c4)CC3)c2c1. The third-order valence-corrected chi connectivity index (χ3v) is 5.82. The molecule has 2 aromatic carbocycles. The number of anilines is 1. The second kappa shape index (κ2) is 9.83. The first-order valence-corrected chi connectivity index (χ1v) is 10.7. The minimum absolute atomic E-state index is 0.179. The number of nitrogens with one attached hydrogen (secondary N) is 1. The molecular weight excluding hydrogens is 397 g/mol. The van der Waals surface area contributed by atoms with Crippen LogP contribution in [0.2, 0.25) is 0 Å². The lowest BCUT2D eigenvalue weighted by atomic mass is 10.1. The summed E-state index contributed by atoms with van der Waals surface area (Å²) in [6.07, 6.45) is 4.48. The molecular formula is C24H28FN3O3. The predicted molar refractivity (Wildman–Crippen MR) is 119 cm³/mol. The lowest BCUT2D eigenvalue weighted by molar-refractivity contribution is 0.121. The van der Waals surface area contributed by atoms with Crippen LogP contribution in [-0.4, -0.2) is 55.9 Å². The molecule has 0 aliphatic carbocycles. The van der Waals surface area contributed by atoms with Crippen LogP contribution in [0, 0.1) is 5.82 Å². The van der Waals surface area contributed by atoms with Gasteiger partial charge in [-0.25, -0.2) is 9.18 Å². The number of carbonyl (C=O) groups excluding carboxylic acids is 1. The summed E-state index contributed by atoms with van der Waals surface area (Å²) in [5, 5.41) is 1.07. The number of methoxy groups -OCH3 is 1. The number of piperazine rings is 1. The Hall–Kier alpha value is -3.06. The number of aromatic amines is 1. The summed E-state index contributed by atoms with van der Waals surface area (Å²) in [5.41, 5.74) is 3.22. The van der Waals surface area contributed by atoms with Crippen molar-refractivity contribution in [1.82, 2.24) is 9.88 Å². The fourth-order valence-corrected chi connectivity index (χ4v) is 4.12. The topological polar surface area (TPSA) is 57.8 Å². The Morgan fingerprint density at radius 1 is 1.10 bits per heavy atom. The van der Waals surface area contributed by atoms with E-state index in [1.807, 2.05) is 24.4 Å². The number of hydrogen-bond acceptors (Lipinski definition) is 5. The third kappa shape index (κ3) is 5.35. The van der Waals surface area contributed by atoms with E-state index in [4.69, 9.17) is 4.74 Å². The van der Waals surface area contributed by atoms with E-state index in [-0.39, 0.29) is 5.82 Å². The molecule has 0 atom stereocenters. The van der Waals surface area contributed by atoms with Crippen molar-refractivity contribution >= 4 is 22.7 Å². The van der Waals surface area contributed by atoms with Crippen molar-refractivity contribution in [3.05, 3.63) is 60.0 Å². The number of H-pyrrole nitrogens is 1. The number of fused-ring (bicyclic) bond motifs is 1. The molecule has 0 radical (unpaired) electrons. The zero-order valence-corrected chi connectivity index (χ0v) is 17.8. The van der Waals surface area contributed by atoms with E-state index < -0.39 is 6.16 Å². The number of rotatable bonds is 7. The number of ether oxygens (including phenoxy) is 2. The fraction of sp³-hybridized carbons (Fsp3) is 0.375. The van der Waals surface area contributed by atoms with Crippen LogP contribution in [-0.2, 0) is 11.2 Å². The summed E-state index contributed by atoms with van der Waals surface area (Å²) >= 11 is 0. The van der Waals surface area contributed by atoms with Crippen LogP contribution in [0.15, 0.2) is 48.7 Å². The predicted octanol–water partition coefficient (Wildman–Crippen LogP) is 4.60. The maximum atomic E-state index is 13.4. The molecule has 0 bridgehead atoms. The van der Waals surface area contributed by atoms with Crippen molar-refractivity contribution in [1.29, 1.82) is 0 Å². The number of benzene rings is 2. The van der Waals surface area contributed by atoms with Gasteiger partial charge in [0.15, 0.2) is 0 Å². The van der Waals surface area contributed by atoms with Crippen molar-refractivity contribution in [2.24, 2.45) is 0 Å². The van der Waals surface area contributed by atoms with Crippen LogP contribution in [0.4, 0.5) is 14.9 Å². The first-order chi connectivity index (χ1) is 15.1. The summed E-state index contributed by atoms with van der Waals surface area (Å²) in [4.78, 5) is 19.4. The average molecular weight is 426 g/mol. The molecule has 31 heavy (non-hydrogen) atoms. The van der Waals surface area contributed by atoms with Gasteiger partial charge in [0.25, 0.3) is 0 Å². The van der Waals surface area contributed by atoms with Gasteiger partial charge in [-0.05, 0) is 67.8 Å². The monoisotopic (exact) mass is 425 g/mol. The molecule has 2 heterocycles. The van der Waals surface area contributed by atoms with Gasteiger partial charge in [-0.3, -0.25) is 4.90 Å². The van der Waals surface area contributed by atoms with Crippen molar-refractivity contribution in [3.8, 4) is 5.75 Å². The zero-order chi connectivity index (χ0) is 21.6. The molecule has 0 saturated carbocycles. The summed E-state index contributed by atoms with van der Waals surface area (Å²) in [5.74, 6) is 0.303. The maximum Gasteiger partial charge on any atom is 0.513 e. The molecule has 1 saturated heterocycles. The van der Waals surface area contributed by atoms with Gasteiger partial charge in [0, 0.05) is 49.0 Å². The molecule has 7 heteroatoms. The zero-order valence-electron chi connectivity index (χ0n) is 17.8. The van der Waals surface area contributed by atoms with E-state index in [9.17, 15) is 9.18 Å². The van der Waals surface area contributed by atoms with E-state index >= 15 is 0 Å².